The standard InChI is InChI=1S/C18H19N/c1-4-10-16-11-9-14-18(15(16)3)19(5-2)17-12-7-6-8-13-17/h4,6-14H,1,3,5H2,2H3/b16-10-. The van der Waals surface area contributed by atoms with E-state index in [-0.39, 0.29) is 0 Å². The molecule has 0 unspecified atom stereocenters. The molecule has 0 heterocycles. The first-order valence-electron chi connectivity index (χ1n) is 6.51. The van der Waals surface area contributed by atoms with Crippen LogP contribution in [0, 0.1) is 0 Å². The van der Waals surface area contributed by atoms with Crippen LogP contribution in [0.25, 0.3) is 12.7 Å². The summed E-state index contributed by atoms with van der Waals surface area (Å²) in [6, 6.07) is 16.6. The van der Waals surface area contributed by atoms with Crippen LogP contribution in [0.1, 0.15) is 6.92 Å². The molecular formula is C18H19N. The van der Waals surface area contributed by atoms with E-state index >= 15 is 0 Å². The molecule has 0 bridgehead atoms. The van der Waals surface area contributed by atoms with Crippen LogP contribution in [-0.4, -0.2) is 6.54 Å². The number of nitrogens with zero attached hydrogens (tertiary/aromatic N) is 1. The van der Waals surface area contributed by atoms with Crippen LogP contribution < -0.4 is 15.3 Å². The molecule has 96 valence electrons. The lowest BCUT2D eigenvalue weighted by atomic mass is 10.1. The maximum absolute atomic E-state index is 4.21. The van der Waals surface area contributed by atoms with Crippen LogP contribution in [0.2, 0.25) is 0 Å². The minimum absolute atomic E-state index is 0.907. The summed E-state index contributed by atoms with van der Waals surface area (Å²) in [7, 11) is 0. The zero-order chi connectivity index (χ0) is 13.7. The minimum Gasteiger partial charge on any atom is -0.341 e. The van der Waals surface area contributed by atoms with Crippen molar-refractivity contribution in [2.24, 2.45) is 0 Å². The lowest BCUT2D eigenvalue weighted by Gasteiger charge is -2.23. The molecule has 0 aromatic heterocycles. The number of benzene rings is 2. The Hall–Kier alpha value is -2.28. The summed E-state index contributed by atoms with van der Waals surface area (Å²) in [6.45, 7) is 11.0. The van der Waals surface area contributed by atoms with Gasteiger partial charge < -0.3 is 4.90 Å². The van der Waals surface area contributed by atoms with Gasteiger partial charge in [0.2, 0.25) is 0 Å². The fraction of sp³-hybridized carbons (Fsp3) is 0.111. The molecule has 1 heteroatoms. The Labute approximate surface area is 114 Å². The number of allylic oxidation sites excluding steroid dienone is 1. The van der Waals surface area contributed by atoms with Gasteiger partial charge >= 0.3 is 0 Å². The first kappa shape index (κ1) is 13.2. The van der Waals surface area contributed by atoms with Gasteiger partial charge in [-0.3, -0.25) is 0 Å². The Morgan fingerprint density at radius 1 is 1.05 bits per heavy atom. The van der Waals surface area contributed by atoms with Gasteiger partial charge in [-0.1, -0.05) is 55.6 Å². The van der Waals surface area contributed by atoms with Crippen molar-refractivity contribution < 1.29 is 0 Å². The number of hydrogen-bond acceptors (Lipinski definition) is 1. The molecule has 0 radical (unpaired) electrons. The van der Waals surface area contributed by atoms with Crippen LogP contribution in [0.3, 0.4) is 0 Å². The van der Waals surface area contributed by atoms with E-state index in [1.807, 2.05) is 12.1 Å². The van der Waals surface area contributed by atoms with Crippen molar-refractivity contribution >= 4 is 24.0 Å². The number of para-hydroxylation sites is 1. The van der Waals surface area contributed by atoms with Gasteiger partial charge in [0.25, 0.3) is 0 Å². The average Bonchev–Trinajstić information content (AvgIpc) is 2.45. The van der Waals surface area contributed by atoms with Gasteiger partial charge in [-0.05, 0) is 35.6 Å². The molecule has 2 aromatic carbocycles. The molecule has 0 saturated carbocycles. The molecule has 0 aliphatic heterocycles. The molecule has 0 saturated heterocycles. The van der Waals surface area contributed by atoms with E-state index in [4.69, 9.17) is 0 Å². The summed E-state index contributed by atoms with van der Waals surface area (Å²) < 4.78 is 0. The molecular weight excluding hydrogens is 230 g/mol. The van der Waals surface area contributed by atoms with E-state index < -0.39 is 0 Å². The van der Waals surface area contributed by atoms with E-state index in [0.717, 1.165) is 22.7 Å². The third kappa shape index (κ3) is 2.76. The summed E-state index contributed by atoms with van der Waals surface area (Å²) in [6.07, 6.45) is 3.79. The Morgan fingerprint density at radius 2 is 1.79 bits per heavy atom. The summed E-state index contributed by atoms with van der Waals surface area (Å²) in [4.78, 5) is 2.27. The molecule has 2 rings (SSSR count). The molecule has 0 atom stereocenters. The smallest absolute Gasteiger partial charge is 0.0484 e. The zero-order valence-corrected chi connectivity index (χ0v) is 11.3. The zero-order valence-electron chi connectivity index (χ0n) is 11.3. The van der Waals surface area contributed by atoms with Gasteiger partial charge in [0.15, 0.2) is 0 Å². The molecule has 0 aliphatic carbocycles. The molecule has 1 nitrogen and oxygen atoms in total. The molecule has 0 aliphatic rings. The molecule has 2 aromatic rings. The highest BCUT2D eigenvalue weighted by Crippen LogP contribution is 2.20. The van der Waals surface area contributed by atoms with Crippen LogP contribution in [-0.2, 0) is 0 Å². The Bertz CT molecular complexity index is 656. The fourth-order valence-corrected chi connectivity index (χ4v) is 2.23. The van der Waals surface area contributed by atoms with E-state index in [1.54, 1.807) is 6.08 Å². The third-order valence-electron chi connectivity index (χ3n) is 3.16. The summed E-state index contributed by atoms with van der Waals surface area (Å²) in [5.74, 6) is 0. The normalized spacial score (nSPS) is 11.3. The first-order chi connectivity index (χ1) is 9.27. The Morgan fingerprint density at radius 3 is 2.42 bits per heavy atom. The first-order valence-corrected chi connectivity index (χ1v) is 6.51. The van der Waals surface area contributed by atoms with Crippen molar-refractivity contribution in [2.45, 2.75) is 6.92 Å². The van der Waals surface area contributed by atoms with E-state index in [1.165, 1.54) is 5.69 Å². The maximum Gasteiger partial charge on any atom is 0.0484 e. The summed E-state index contributed by atoms with van der Waals surface area (Å²) in [5.41, 5.74) is 2.33. The largest absolute Gasteiger partial charge is 0.341 e. The van der Waals surface area contributed by atoms with Crippen LogP contribution >= 0.6 is 0 Å². The summed E-state index contributed by atoms with van der Waals surface area (Å²) in [5, 5.41) is 2.15. The highest BCUT2D eigenvalue weighted by Gasteiger charge is 2.07. The van der Waals surface area contributed by atoms with Crippen molar-refractivity contribution in [2.75, 3.05) is 11.4 Å². The third-order valence-corrected chi connectivity index (χ3v) is 3.16. The molecule has 0 fully saturated rings. The number of anilines is 2. The number of rotatable bonds is 4. The predicted octanol–water partition coefficient (Wildman–Crippen LogP) is 3.22. The lowest BCUT2D eigenvalue weighted by molar-refractivity contribution is 1.02. The highest BCUT2D eigenvalue weighted by atomic mass is 15.1. The van der Waals surface area contributed by atoms with Crippen molar-refractivity contribution in [3.05, 3.63) is 71.6 Å². The van der Waals surface area contributed by atoms with Gasteiger partial charge in [-0.25, -0.2) is 0 Å². The summed E-state index contributed by atoms with van der Waals surface area (Å²) >= 11 is 0. The van der Waals surface area contributed by atoms with E-state index in [2.05, 4.69) is 67.4 Å². The van der Waals surface area contributed by atoms with Gasteiger partial charge in [0.05, 0.1) is 0 Å². The van der Waals surface area contributed by atoms with Crippen molar-refractivity contribution in [3.63, 3.8) is 0 Å². The van der Waals surface area contributed by atoms with Crippen LogP contribution in [0.5, 0.6) is 0 Å². The molecule has 0 spiro atoms. The van der Waals surface area contributed by atoms with Gasteiger partial charge in [0.1, 0.15) is 0 Å². The lowest BCUT2D eigenvalue weighted by Crippen LogP contribution is -2.31. The Kier molecular flexibility index (Phi) is 4.19. The van der Waals surface area contributed by atoms with Crippen LogP contribution in [0.15, 0.2) is 61.2 Å². The second kappa shape index (κ2) is 6.05. The van der Waals surface area contributed by atoms with Crippen LogP contribution in [0.4, 0.5) is 11.4 Å². The fourth-order valence-electron chi connectivity index (χ4n) is 2.23. The van der Waals surface area contributed by atoms with Crippen molar-refractivity contribution in [1.29, 1.82) is 0 Å². The minimum atomic E-state index is 0.907. The van der Waals surface area contributed by atoms with E-state index in [9.17, 15) is 0 Å². The van der Waals surface area contributed by atoms with Gasteiger partial charge in [-0.15, -0.1) is 0 Å². The van der Waals surface area contributed by atoms with Gasteiger partial charge in [0, 0.05) is 17.9 Å². The predicted molar refractivity (Wildman–Crippen MR) is 85.0 cm³/mol. The second-order valence-electron chi connectivity index (χ2n) is 4.33. The van der Waals surface area contributed by atoms with Gasteiger partial charge in [-0.2, -0.15) is 0 Å². The van der Waals surface area contributed by atoms with Crippen molar-refractivity contribution in [1.82, 2.24) is 0 Å². The second-order valence-corrected chi connectivity index (χ2v) is 4.33. The SMILES string of the molecule is C=C/C=c1/cccc(N(CC)c2ccccc2)c1=C. The number of hydrogen-bond donors (Lipinski definition) is 0. The topological polar surface area (TPSA) is 3.24 Å². The van der Waals surface area contributed by atoms with Crippen molar-refractivity contribution in [3.8, 4) is 0 Å². The van der Waals surface area contributed by atoms with E-state index in [0.29, 0.717) is 0 Å². The monoisotopic (exact) mass is 249 g/mol. The molecule has 0 amide bonds. The maximum atomic E-state index is 4.21. The molecule has 0 N–H and O–H groups in total. The average molecular weight is 249 g/mol. The molecule has 19 heavy (non-hydrogen) atoms. The quantitative estimate of drug-likeness (QED) is 0.804. The Balaban J connectivity index is 2.57. The highest BCUT2D eigenvalue weighted by molar-refractivity contribution is 5.64.